The summed E-state index contributed by atoms with van der Waals surface area (Å²) in [6.07, 6.45) is 1.47. The number of carbonyl (C=O) groups is 2. The van der Waals surface area contributed by atoms with Crippen LogP contribution in [0.25, 0.3) is 0 Å². The van der Waals surface area contributed by atoms with Crippen LogP contribution >= 0.6 is 27.5 Å². The Hall–Kier alpha value is -1.92. The summed E-state index contributed by atoms with van der Waals surface area (Å²) in [7, 11) is 0. The fraction of sp³-hybridized carbons (Fsp3) is 0.0714. The van der Waals surface area contributed by atoms with E-state index < -0.39 is 18.4 Å². The van der Waals surface area contributed by atoms with Gasteiger partial charge in [0.25, 0.3) is 5.91 Å². The van der Waals surface area contributed by atoms with Gasteiger partial charge in [-0.05, 0) is 46.3 Å². The lowest BCUT2D eigenvalue weighted by Crippen LogP contribution is -2.35. The number of carbonyl (C=O) groups excluding carboxylic acids is 1. The summed E-state index contributed by atoms with van der Waals surface area (Å²) in [5, 5.41) is 9.44. The van der Waals surface area contributed by atoms with Gasteiger partial charge in [0.1, 0.15) is 11.1 Å². The Labute approximate surface area is 134 Å². The number of carboxylic acids is 1. The van der Waals surface area contributed by atoms with Gasteiger partial charge in [-0.25, -0.2) is 4.98 Å². The van der Waals surface area contributed by atoms with E-state index >= 15 is 0 Å². The third kappa shape index (κ3) is 4.03. The molecule has 0 radical (unpaired) electrons. The molecule has 0 unspecified atom stereocenters. The molecule has 0 aliphatic heterocycles. The fourth-order valence-corrected chi connectivity index (χ4v) is 2.30. The molecule has 0 bridgehead atoms. The van der Waals surface area contributed by atoms with Gasteiger partial charge >= 0.3 is 5.97 Å². The predicted molar refractivity (Wildman–Crippen MR) is 82.7 cm³/mol. The quantitative estimate of drug-likeness (QED) is 0.840. The number of halogens is 2. The number of anilines is 1. The summed E-state index contributed by atoms with van der Waals surface area (Å²) in [6, 6.07) is 9.52. The van der Waals surface area contributed by atoms with Crippen LogP contribution in [0.2, 0.25) is 5.02 Å². The van der Waals surface area contributed by atoms with Crippen molar-refractivity contribution < 1.29 is 14.7 Å². The van der Waals surface area contributed by atoms with Gasteiger partial charge in [-0.2, -0.15) is 0 Å². The molecular weight excluding hydrogens is 360 g/mol. The molecule has 0 aliphatic carbocycles. The number of amides is 1. The monoisotopic (exact) mass is 368 g/mol. The van der Waals surface area contributed by atoms with Crippen LogP contribution in [0, 0.1) is 0 Å². The minimum absolute atomic E-state index is 0.332. The maximum Gasteiger partial charge on any atom is 0.323 e. The highest BCUT2D eigenvalue weighted by molar-refractivity contribution is 9.10. The van der Waals surface area contributed by atoms with Crippen LogP contribution in [0.15, 0.2) is 47.2 Å². The van der Waals surface area contributed by atoms with Gasteiger partial charge in [-0.3, -0.25) is 14.5 Å². The van der Waals surface area contributed by atoms with E-state index in [0.717, 1.165) is 4.90 Å². The average molecular weight is 370 g/mol. The first-order valence-electron chi connectivity index (χ1n) is 5.88. The highest BCUT2D eigenvalue weighted by Crippen LogP contribution is 2.22. The molecule has 1 heterocycles. The maximum absolute atomic E-state index is 12.5. The van der Waals surface area contributed by atoms with Crippen molar-refractivity contribution in [1.29, 1.82) is 0 Å². The number of hydrogen-bond donors (Lipinski definition) is 1. The molecule has 0 atom stereocenters. The molecule has 1 aromatic carbocycles. The van der Waals surface area contributed by atoms with Crippen LogP contribution < -0.4 is 4.90 Å². The molecule has 0 spiro atoms. The molecule has 7 heteroatoms. The Morgan fingerprint density at radius 2 is 2.05 bits per heavy atom. The van der Waals surface area contributed by atoms with Crippen molar-refractivity contribution in [3.05, 3.63) is 57.8 Å². The summed E-state index contributed by atoms with van der Waals surface area (Å²) in [4.78, 5) is 28.6. The summed E-state index contributed by atoms with van der Waals surface area (Å²) in [5.41, 5.74) is 0.751. The Bertz CT molecular complexity index is 693. The van der Waals surface area contributed by atoms with Gasteiger partial charge < -0.3 is 5.11 Å². The third-order valence-electron chi connectivity index (χ3n) is 2.63. The SMILES string of the molecule is O=C(O)CN(C(=O)c1ccnc(Br)c1)c1cccc(Cl)c1. The number of pyridine rings is 1. The standard InChI is InChI=1S/C14H10BrClN2O3/c15-12-6-9(4-5-17-12)14(21)18(8-13(19)20)11-3-1-2-10(16)7-11/h1-7H,8H2,(H,19,20). The molecule has 0 saturated heterocycles. The molecule has 1 N–H and O–H groups in total. The summed E-state index contributed by atoms with van der Waals surface area (Å²) < 4.78 is 0.495. The first-order chi connectivity index (χ1) is 9.97. The van der Waals surface area contributed by atoms with E-state index in [4.69, 9.17) is 16.7 Å². The number of rotatable bonds is 4. The zero-order valence-corrected chi connectivity index (χ0v) is 13.0. The summed E-state index contributed by atoms with van der Waals surface area (Å²) in [6.45, 7) is -0.459. The van der Waals surface area contributed by atoms with Crippen molar-refractivity contribution in [3.8, 4) is 0 Å². The van der Waals surface area contributed by atoms with E-state index in [-0.39, 0.29) is 0 Å². The molecule has 1 amide bonds. The van der Waals surface area contributed by atoms with E-state index in [9.17, 15) is 9.59 Å². The minimum Gasteiger partial charge on any atom is -0.480 e. The second-order valence-electron chi connectivity index (χ2n) is 4.13. The number of aliphatic carboxylic acids is 1. The van der Waals surface area contributed by atoms with Gasteiger partial charge in [-0.15, -0.1) is 0 Å². The van der Waals surface area contributed by atoms with Crippen LogP contribution in [0.1, 0.15) is 10.4 Å². The van der Waals surface area contributed by atoms with E-state index in [1.54, 1.807) is 24.3 Å². The largest absolute Gasteiger partial charge is 0.480 e. The zero-order valence-electron chi connectivity index (χ0n) is 10.7. The molecular formula is C14H10BrClN2O3. The summed E-state index contributed by atoms with van der Waals surface area (Å²) >= 11 is 9.08. The number of hydrogen-bond acceptors (Lipinski definition) is 3. The second kappa shape index (κ2) is 6.69. The number of nitrogens with zero attached hydrogens (tertiary/aromatic N) is 2. The molecule has 0 saturated carbocycles. The van der Waals surface area contributed by atoms with E-state index in [0.29, 0.717) is 20.9 Å². The highest BCUT2D eigenvalue weighted by atomic mass is 79.9. The number of aromatic nitrogens is 1. The van der Waals surface area contributed by atoms with Gasteiger partial charge in [0.2, 0.25) is 0 Å². The Kier molecular flexibility index (Phi) is 4.93. The molecule has 0 aliphatic rings. The van der Waals surface area contributed by atoms with E-state index in [1.807, 2.05) is 0 Å². The lowest BCUT2D eigenvalue weighted by molar-refractivity contribution is -0.135. The van der Waals surface area contributed by atoms with Gasteiger partial charge in [-0.1, -0.05) is 17.7 Å². The van der Waals surface area contributed by atoms with Gasteiger partial charge in [0, 0.05) is 22.5 Å². The normalized spacial score (nSPS) is 10.2. The van der Waals surface area contributed by atoms with Crippen molar-refractivity contribution in [2.75, 3.05) is 11.4 Å². The van der Waals surface area contributed by atoms with E-state index in [2.05, 4.69) is 20.9 Å². The maximum atomic E-state index is 12.5. The fourth-order valence-electron chi connectivity index (χ4n) is 1.75. The van der Waals surface area contributed by atoms with Gasteiger partial charge in [0.05, 0.1) is 0 Å². The highest BCUT2D eigenvalue weighted by Gasteiger charge is 2.21. The Morgan fingerprint density at radius 3 is 2.67 bits per heavy atom. The zero-order chi connectivity index (χ0) is 15.4. The van der Waals surface area contributed by atoms with E-state index in [1.165, 1.54) is 18.3 Å². The third-order valence-corrected chi connectivity index (χ3v) is 3.30. The van der Waals surface area contributed by atoms with Crippen LogP contribution in [0.5, 0.6) is 0 Å². The lowest BCUT2D eigenvalue weighted by atomic mass is 10.2. The second-order valence-corrected chi connectivity index (χ2v) is 5.38. The molecule has 2 rings (SSSR count). The minimum atomic E-state index is -1.11. The van der Waals surface area contributed by atoms with Gasteiger partial charge in [0.15, 0.2) is 0 Å². The van der Waals surface area contributed by atoms with Crippen LogP contribution in [-0.2, 0) is 4.79 Å². The van der Waals surface area contributed by atoms with Crippen molar-refractivity contribution in [2.24, 2.45) is 0 Å². The van der Waals surface area contributed by atoms with Crippen molar-refractivity contribution in [1.82, 2.24) is 4.98 Å². The Morgan fingerprint density at radius 1 is 1.29 bits per heavy atom. The first-order valence-corrected chi connectivity index (χ1v) is 7.05. The number of carboxylic acid groups (broad SMARTS) is 1. The average Bonchev–Trinajstić information content (AvgIpc) is 2.44. The number of benzene rings is 1. The lowest BCUT2D eigenvalue weighted by Gasteiger charge is -2.21. The van der Waals surface area contributed by atoms with Crippen molar-refractivity contribution in [2.45, 2.75) is 0 Å². The van der Waals surface area contributed by atoms with Crippen LogP contribution in [0.4, 0.5) is 5.69 Å². The first kappa shape index (κ1) is 15.5. The molecule has 21 heavy (non-hydrogen) atoms. The molecule has 5 nitrogen and oxygen atoms in total. The molecule has 108 valence electrons. The molecule has 0 fully saturated rings. The molecule has 2 aromatic rings. The predicted octanol–water partition coefficient (Wildman–Crippen LogP) is 3.23. The van der Waals surface area contributed by atoms with Crippen LogP contribution in [0.3, 0.4) is 0 Å². The van der Waals surface area contributed by atoms with Crippen LogP contribution in [-0.4, -0.2) is 28.5 Å². The van der Waals surface area contributed by atoms with Crippen molar-refractivity contribution in [3.63, 3.8) is 0 Å². The smallest absolute Gasteiger partial charge is 0.323 e. The molecule has 1 aromatic heterocycles. The van der Waals surface area contributed by atoms with Crippen molar-refractivity contribution >= 4 is 45.1 Å². The summed E-state index contributed by atoms with van der Waals surface area (Å²) in [5.74, 6) is -1.56. The Balaban J connectivity index is 2.40. The topological polar surface area (TPSA) is 70.5 Å².